The topological polar surface area (TPSA) is 54.9 Å². The average molecular weight is 428 g/mol. The number of para-hydroxylation sites is 2. The number of hydrogen-bond donors (Lipinski definition) is 0. The lowest BCUT2D eigenvalue weighted by molar-refractivity contribution is -0.120. The number of fused-ring (bicyclic) bond motifs is 1. The van der Waals surface area contributed by atoms with Crippen LogP contribution in [0.2, 0.25) is 0 Å². The maximum Gasteiger partial charge on any atom is 0.266 e. The van der Waals surface area contributed by atoms with Crippen LogP contribution in [-0.2, 0) is 4.79 Å². The molecule has 0 radical (unpaired) electrons. The number of likely N-dealkylation sites (N-methyl/N-ethyl adjacent to an activating group) is 1. The van der Waals surface area contributed by atoms with Gasteiger partial charge in [-0.15, -0.1) is 0 Å². The molecule has 6 nitrogen and oxygen atoms in total. The molecule has 0 saturated carbocycles. The van der Waals surface area contributed by atoms with Crippen molar-refractivity contribution >= 4 is 32.6 Å². The maximum absolute atomic E-state index is 13.1. The first-order chi connectivity index (χ1) is 14.7. The van der Waals surface area contributed by atoms with Crippen molar-refractivity contribution in [2.45, 2.75) is 20.8 Å². The summed E-state index contributed by atoms with van der Waals surface area (Å²) < 4.78 is 12.4. The molecule has 160 valence electrons. The lowest BCUT2D eigenvalue weighted by Crippen LogP contribution is -2.41. The number of amides is 1. The molecule has 0 bridgehead atoms. The molecule has 0 atom stereocenters. The minimum Gasteiger partial charge on any atom is -0.492 e. The number of hydrogen-bond acceptors (Lipinski definition) is 6. The Morgan fingerprint density at radius 1 is 0.967 bits per heavy atom. The average Bonchev–Trinajstić information content (AvgIpc) is 3.21. The highest BCUT2D eigenvalue weighted by Crippen LogP contribution is 2.34. The molecule has 0 aliphatic heterocycles. The van der Waals surface area contributed by atoms with Gasteiger partial charge in [0.05, 0.1) is 11.3 Å². The van der Waals surface area contributed by atoms with Gasteiger partial charge in [0.1, 0.15) is 17.0 Å². The van der Waals surface area contributed by atoms with Crippen molar-refractivity contribution in [2.24, 2.45) is 0 Å². The summed E-state index contributed by atoms with van der Waals surface area (Å²) >= 11 is 1.50. The highest BCUT2D eigenvalue weighted by molar-refractivity contribution is 7.22. The van der Waals surface area contributed by atoms with Crippen molar-refractivity contribution in [3.05, 3.63) is 48.5 Å². The second-order valence-electron chi connectivity index (χ2n) is 6.71. The molecule has 3 aromatic rings. The minimum absolute atomic E-state index is 0.0312. The number of aromatic nitrogens is 1. The van der Waals surface area contributed by atoms with Gasteiger partial charge in [-0.3, -0.25) is 9.69 Å². The highest BCUT2D eigenvalue weighted by Gasteiger charge is 2.22. The van der Waals surface area contributed by atoms with E-state index in [-0.39, 0.29) is 12.5 Å². The van der Waals surface area contributed by atoms with Crippen LogP contribution < -0.4 is 14.4 Å². The molecule has 0 aliphatic carbocycles. The number of nitrogens with zero attached hydrogens (tertiary/aromatic N) is 3. The van der Waals surface area contributed by atoms with E-state index in [1.165, 1.54) is 11.3 Å². The quantitative estimate of drug-likeness (QED) is 0.453. The molecular formula is C23H29N3O3S. The Labute approximate surface area is 182 Å². The van der Waals surface area contributed by atoms with Crippen LogP contribution in [0.5, 0.6) is 11.5 Å². The molecule has 0 spiro atoms. The van der Waals surface area contributed by atoms with Gasteiger partial charge in [-0.25, -0.2) is 4.98 Å². The number of anilines is 1. The second-order valence-corrected chi connectivity index (χ2v) is 7.72. The first-order valence-corrected chi connectivity index (χ1v) is 11.2. The largest absolute Gasteiger partial charge is 0.492 e. The summed E-state index contributed by atoms with van der Waals surface area (Å²) in [4.78, 5) is 21.9. The van der Waals surface area contributed by atoms with Crippen LogP contribution in [0, 0.1) is 0 Å². The van der Waals surface area contributed by atoms with Gasteiger partial charge in [-0.1, -0.05) is 49.4 Å². The van der Waals surface area contributed by atoms with Gasteiger partial charge in [0.15, 0.2) is 11.7 Å². The SMILES string of the molecule is CCOc1cccc2sc(N(CCN(CC)CC)C(=O)COc3ccccc3)nc12. The molecule has 1 amide bonds. The van der Waals surface area contributed by atoms with Gasteiger partial charge in [-0.05, 0) is 44.3 Å². The Hall–Kier alpha value is -2.64. The second kappa shape index (κ2) is 10.9. The van der Waals surface area contributed by atoms with Gasteiger partial charge in [0, 0.05) is 13.1 Å². The number of rotatable bonds is 11. The summed E-state index contributed by atoms with van der Waals surface area (Å²) in [6.45, 7) is 9.95. The van der Waals surface area contributed by atoms with E-state index in [4.69, 9.17) is 14.5 Å². The van der Waals surface area contributed by atoms with Crippen molar-refractivity contribution in [3.63, 3.8) is 0 Å². The van der Waals surface area contributed by atoms with Crippen LogP contribution in [-0.4, -0.2) is 55.2 Å². The minimum atomic E-state index is -0.108. The van der Waals surface area contributed by atoms with E-state index in [9.17, 15) is 4.79 Å². The number of carbonyl (C=O) groups is 1. The summed E-state index contributed by atoms with van der Waals surface area (Å²) in [5.41, 5.74) is 0.795. The van der Waals surface area contributed by atoms with E-state index in [0.717, 1.165) is 35.6 Å². The third-order valence-corrected chi connectivity index (χ3v) is 5.89. The number of carbonyl (C=O) groups excluding carboxylic acids is 1. The van der Waals surface area contributed by atoms with Crippen LogP contribution in [0.25, 0.3) is 10.2 Å². The van der Waals surface area contributed by atoms with Crippen LogP contribution >= 0.6 is 11.3 Å². The van der Waals surface area contributed by atoms with Crippen LogP contribution in [0.3, 0.4) is 0 Å². The fourth-order valence-corrected chi connectivity index (χ4v) is 4.17. The normalized spacial score (nSPS) is 11.1. The Morgan fingerprint density at radius 2 is 1.73 bits per heavy atom. The van der Waals surface area contributed by atoms with Gasteiger partial charge in [-0.2, -0.15) is 0 Å². The molecule has 2 aromatic carbocycles. The van der Waals surface area contributed by atoms with Crippen molar-refractivity contribution in [2.75, 3.05) is 44.3 Å². The third-order valence-electron chi connectivity index (χ3n) is 4.84. The standard InChI is InChI=1S/C23H29N3O3S/c1-4-25(5-2)15-16-26(21(27)17-29-18-11-8-7-9-12-18)23-24-22-19(28-6-3)13-10-14-20(22)30-23/h7-14H,4-6,15-17H2,1-3H3. The molecule has 3 rings (SSSR count). The Balaban J connectivity index is 1.83. The van der Waals surface area contributed by atoms with Crippen LogP contribution in [0.15, 0.2) is 48.5 Å². The lowest BCUT2D eigenvalue weighted by atomic mass is 10.3. The molecule has 30 heavy (non-hydrogen) atoms. The van der Waals surface area contributed by atoms with Gasteiger partial charge in [0.25, 0.3) is 5.91 Å². The highest BCUT2D eigenvalue weighted by atomic mass is 32.1. The van der Waals surface area contributed by atoms with E-state index < -0.39 is 0 Å². The number of ether oxygens (including phenoxy) is 2. The maximum atomic E-state index is 13.1. The predicted molar refractivity (Wildman–Crippen MR) is 123 cm³/mol. The van der Waals surface area contributed by atoms with Crippen molar-refractivity contribution in [1.29, 1.82) is 0 Å². The Morgan fingerprint density at radius 3 is 2.43 bits per heavy atom. The van der Waals surface area contributed by atoms with Gasteiger partial charge < -0.3 is 14.4 Å². The predicted octanol–water partition coefficient (Wildman–Crippen LogP) is 4.45. The summed E-state index contributed by atoms with van der Waals surface area (Å²) in [6, 6.07) is 15.3. The Kier molecular flexibility index (Phi) is 8.04. The molecule has 1 heterocycles. The molecule has 0 fully saturated rings. The van der Waals surface area contributed by atoms with E-state index >= 15 is 0 Å². The van der Waals surface area contributed by atoms with Gasteiger partial charge >= 0.3 is 0 Å². The summed E-state index contributed by atoms with van der Waals surface area (Å²) in [6.07, 6.45) is 0. The summed E-state index contributed by atoms with van der Waals surface area (Å²) in [5, 5.41) is 0.672. The molecular weight excluding hydrogens is 398 g/mol. The number of thiazole rings is 1. The van der Waals surface area contributed by atoms with E-state index in [2.05, 4.69) is 18.7 Å². The number of benzene rings is 2. The first kappa shape index (κ1) is 22.1. The molecule has 0 unspecified atom stereocenters. The Bertz CT molecular complexity index is 941. The molecule has 1 aromatic heterocycles. The van der Waals surface area contributed by atoms with E-state index in [0.29, 0.717) is 24.0 Å². The van der Waals surface area contributed by atoms with E-state index in [1.807, 2.05) is 55.5 Å². The van der Waals surface area contributed by atoms with Crippen LogP contribution in [0.1, 0.15) is 20.8 Å². The third kappa shape index (κ3) is 5.49. The van der Waals surface area contributed by atoms with Crippen molar-refractivity contribution in [1.82, 2.24) is 9.88 Å². The fraction of sp³-hybridized carbons (Fsp3) is 0.391. The van der Waals surface area contributed by atoms with Crippen molar-refractivity contribution in [3.8, 4) is 11.5 Å². The van der Waals surface area contributed by atoms with Crippen LogP contribution in [0.4, 0.5) is 5.13 Å². The van der Waals surface area contributed by atoms with E-state index in [1.54, 1.807) is 4.90 Å². The lowest BCUT2D eigenvalue weighted by Gasteiger charge is -2.24. The zero-order valence-corrected chi connectivity index (χ0v) is 18.7. The molecule has 0 N–H and O–H groups in total. The van der Waals surface area contributed by atoms with Gasteiger partial charge in [0.2, 0.25) is 0 Å². The monoisotopic (exact) mass is 427 g/mol. The summed E-state index contributed by atoms with van der Waals surface area (Å²) in [7, 11) is 0. The zero-order chi connectivity index (χ0) is 21.3. The molecule has 0 aliphatic rings. The summed E-state index contributed by atoms with van der Waals surface area (Å²) in [5.74, 6) is 1.31. The smallest absolute Gasteiger partial charge is 0.266 e. The zero-order valence-electron chi connectivity index (χ0n) is 17.8. The fourth-order valence-electron chi connectivity index (χ4n) is 3.15. The molecule has 7 heteroatoms. The van der Waals surface area contributed by atoms with Crippen molar-refractivity contribution < 1.29 is 14.3 Å². The molecule has 0 saturated heterocycles. The first-order valence-electron chi connectivity index (χ1n) is 10.4.